The number of hydrogen-bond acceptors (Lipinski definition) is 2. The summed E-state index contributed by atoms with van der Waals surface area (Å²) in [7, 11) is 0. The van der Waals surface area contributed by atoms with Gasteiger partial charge in [-0.2, -0.15) is 0 Å². The molecule has 1 aliphatic rings. The van der Waals surface area contributed by atoms with Crippen LogP contribution in [0, 0.1) is 0 Å². The molecule has 2 atom stereocenters. The van der Waals surface area contributed by atoms with Crippen LogP contribution >= 0.6 is 12.4 Å². The molecular weight excluding hydrogens is 150 g/mol. The van der Waals surface area contributed by atoms with Gasteiger partial charge in [-0.05, 0) is 12.8 Å². The summed E-state index contributed by atoms with van der Waals surface area (Å²) in [6.07, 6.45) is 4.03. The van der Waals surface area contributed by atoms with Gasteiger partial charge in [-0.25, -0.2) is 0 Å². The molecule has 1 heterocycles. The minimum Gasteiger partial charge on any atom is -0.373 e. The van der Waals surface area contributed by atoms with Crippen molar-refractivity contribution < 1.29 is 4.74 Å². The molecule has 0 spiro atoms. The molecule has 10 heavy (non-hydrogen) atoms. The van der Waals surface area contributed by atoms with Crippen LogP contribution in [0.1, 0.15) is 12.8 Å². The molecule has 0 radical (unpaired) electrons. The van der Waals surface area contributed by atoms with Crippen molar-refractivity contribution in [3.63, 3.8) is 0 Å². The molecule has 0 saturated carbocycles. The maximum Gasteiger partial charge on any atom is 0.0904 e. The summed E-state index contributed by atoms with van der Waals surface area (Å²) in [4.78, 5) is 0. The number of hydrogen-bond donors (Lipinski definition) is 1. The molecule has 3 heteroatoms. The van der Waals surface area contributed by atoms with E-state index < -0.39 is 0 Å². The van der Waals surface area contributed by atoms with Crippen LogP contribution in [-0.4, -0.2) is 18.8 Å². The first-order chi connectivity index (χ1) is 4.34. The van der Waals surface area contributed by atoms with Crippen molar-refractivity contribution in [3.8, 4) is 0 Å². The molecule has 60 valence electrons. The van der Waals surface area contributed by atoms with E-state index in [9.17, 15) is 0 Å². The molecule has 1 aliphatic heterocycles. The molecule has 1 rings (SSSR count). The van der Waals surface area contributed by atoms with Gasteiger partial charge in [-0.1, -0.05) is 6.08 Å². The lowest BCUT2D eigenvalue weighted by atomic mass is 10.0. The molecule has 0 aliphatic carbocycles. The third-order valence-electron chi connectivity index (χ3n) is 1.65. The highest BCUT2D eigenvalue weighted by molar-refractivity contribution is 5.85. The summed E-state index contributed by atoms with van der Waals surface area (Å²) >= 11 is 0. The highest BCUT2D eigenvalue weighted by atomic mass is 35.5. The number of rotatable bonds is 1. The molecule has 0 bridgehead atoms. The van der Waals surface area contributed by atoms with Crippen LogP contribution in [0.4, 0.5) is 0 Å². The lowest BCUT2D eigenvalue weighted by Crippen LogP contribution is -2.39. The molecule has 0 aromatic carbocycles. The summed E-state index contributed by atoms with van der Waals surface area (Å²) in [6, 6.07) is 0.177. The Hall–Kier alpha value is -0.0500. The minimum atomic E-state index is 0. The summed E-state index contributed by atoms with van der Waals surface area (Å²) in [5, 5.41) is 0. The molecule has 2 nitrogen and oxygen atoms in total. The van der Waals surface area contributed by atoms with Crippen LogP contribution in [0.2, 0.25) is 0 Å². The van der Waals surface area contributed by atoms with E-state index in [1.807, 2.05) is 0 Å². The van der Waals surface area contributed by atoms with Gasteiger partial charge >= 0.3 is 0 Å². The van der Waals surface area contributed by atoms with E-state index in [0.717, 1.165) is 19.4 Å². The van der Waals surface area contributed by atoms with Gasteiger partial charge in [0.25, 0.3) is 0 Å². The molecule has 1 saturated heterocycles. The third-order valence-corrected chi connectivity index (χ3v) is 1.65. The second-order valence-electron chi connectivity index (χ2n) is 2.38. The second kappa shape index (κ2) is 4.72. The maximum atomic E-state index is 5.69. The fourth-order valence-corrected chi connectivity index (χ4v) is 1.07. The zero-order chi connectivity index (χ0) is 6.69. The van der Waals surface area contributed by atoms with Crippen LogP contribution in [0.3, 0.4) is 0 Å². The van der Waals surface area contributed by atoms with Crippen LogP contribution in [0.25, 0.3) is 0 Å². The van der Waals surface area contributed by atoms with E-state index in [1.54, 1.807) is 6.08 Å². The Balaban J connectivity index is 0.000000810. The predicted molar refractivity (Wildman–Crippen MR) is 44.4 cm³/mol. The normalized spacial score (nSPS) is 32.5. The molecule has 2 N–H and O–H groups in total. The lowest BCUT2D eigenvalue weighted by molar-refractivity contribution is 0.0320. The predicted octanol–water partition coefficient (Wildman–Crippen LogP) is 1.10. The first-order valence-corrected chi connectivity index (χ1v) is 3.34. The van der Waals surface area contributed by atoms with E-state index in [4.69, 9.17) is 10.5 Å². The average molecular weight is 164 g/mol. The van der Waals surface area contributed by atoms with Gasteiger partial charge in [-0.3, -0.25) is 0 Å². The molecule has 0 aromatic heterocycles. The van der Waals surface area contributed by atoms with Gasteiger partial charge in [0.15, 0.2) is 0 Å². The monoisotopic (exact) mass is 163 g/mol. The lowest BCUT2D eigenvalue weighted by Gasteiger charge is -2.25. The third kappa shape index (κ3) is 2.29. The Morgan fingerprint density at radius 1 is 1.60 bits per heavy atom. The molecule has 0 amide bonds. The molecule has 1 fully saturated rings. The molecule has 2 unspecified atom stereocenters. The Kier molecular flexibility index (Phi) is 4.69. The Morgan fingerprint density at radius 3 is 2.70 bits per heavy atom. The molecule has 0 aromatic rings. The van der Waals surface area contributed by atoms with Crippen molar-refractivity contribution in [2.45, 2.75) is 25.0 Å². The minimum absolute atomic E-state index is 0. The quantitative estimate of drug-likeness (QED) is 0.588. The van der Waals surface area contributed by atoms with Crippen molar-refractivity contribution in [3.05, 3.63) is 12.7 Å². The highest BCUT2D eigenvalue weighted by Gasteiger charge is 2.18. The Labute approximate surface area is 67.8 Å². The summed E-state index contributed by atoms with van der Waals surface area (Å²) < 4.78 is 5.30. The standard InChI is InChI=1S/C7H13NO.ClH/c1-2-7-6(8)4-3-5-9-7;/h2,6-7H,1,3-5,8H2;1H. The second-order valence-corrected chi connectivity index (χ2v) is 2.38. The molecular formula is C7H14ClNO. The fourth-order valence-electron chi connectivity index (χ4n) is 1.07. The Morgan fingerprint density at radius 2 is 2.30 bits per heavy atom. The fraction of sp³-hybridized carbons (Fsp3) is 0.714. The summed E-state index contributed by atoms with van der Waals surface area (Å²) in [5.41, 5.74) is 5.69. The van der Waals surface area contributed by atoms with Gasteiger partial charge in [0, 0.05) is 12.6 Å². The topological polar surface area (TPSA) is 35.2 Å². The smallest absolute Gasteiger partial charge is 0.0904 e. The van der Waals surface area contributed by atoms with Crippen molar-refractivity contribution in [1.29, 1.82) is 0 Å². The number of nitrogens with two attached hydrogens (primary N) is 1. The van der Waals surface area contributed by atoms with Crippen LogP contribution in [0.15, 0.2) is 12.7 Å². The van der Waals surface area contributed by atoms with Crippen LogP contribution in [0.5, 0.6) is 0 Å². The van der Waals surface area contributed by atoms with Crippen LogP contribution < -0.4 is 5.73 Å². The van der Waals surface area contributed by atoms with Crippen molar-refractivity contribution in [2.24, 2.45) is 5.73 Å². The van der Waals surface area contributed by atoms with Crippen molar-refractivity contribution in [2.75, 3.05) is 6.61 Å². The number of halogens is 1. The first kappa shape index (κ1) is 9.95. The first-order valence-electron chi connectivity index (χ1n) is 3.34. The largest absolute Gasteiger partial charge is 0.373 e. The highest BCUT2D eigenvalue weighted by Crippen LogP contribution is 2.11. The van der Waals surface area contributed by atoms with E-state index >= 15 is 0 Å². The van der Waals surface area contributed by atoms with Crippen LogP contribution in [-0.2, 0) is 4.74 Å². The van der Waals surface area contributed by atoms with E-state index in [2.05, 4.69) is 6.58 Å². The van der Waals surface area contributed by atoms with E-state index in [1.165, 1.54) is 0 Å². The van der Waals surface area contributed by atoms with Gasteiger partial charge in [0.05, 0.1) is 6.10 Å². The summed E-state index contributed by atoms with van der Waals surface area (Å²) in [6.45, 7) is 4.47. The van der Waals surface area contributed by atoms with E-state index in [-0.39, 0.29) is 24.6 Å². The van der Waals surface area contributed by atoms with Gasteiger partial charge in [0.1, 0.15) is 0 Å². The number of ether oxygens (including phenoxy) is 1. The van der Waals surface area contributed by atoms with Gasteiger partial charge in [-0.15, -0.1) is 19.0 Å². The van der Waals surface area contributed by atoms with Crippen molar-refractivity contribution >= 4 is 12.4 Å². The van der Waals surface area contributed by atoms with E-state index in [0.29, 0.717) is 0 Å². The Bertz CT molecular complexity index is 108. The van der Waals surface area contributed by atoms with Gasteiger partial charge < -0.3 is 10.5 Å². The zero-order valence-electron chi connectivity index (χ0n) is 5.95. The summed E-state index contributed by atoms with van der Waals surface area (Å²) in [5.74, 6) is 0. The average Bonchev–Trinajstić information content (AvgIpc) is 1.89. The van der Waals surface area contributed by atoms with Gasteiger partial charge in [0.2, 0.25) is 0 Å². The SMILES string of the molecule is C=CC1OCCCC1N.Cl. The zero-order valence-corrected chi connectivity index (χ0v) is 6.77. The maximum absolute atomic E-state index is 5.69. The van der Waals surface area contributed by atoms with Crippen molar-refractivity contribution in [1.82, 2.24) is 0 Å².